The van der Waals surface area contributed by atoms with Gasteiger partial charge in [0.1, 0.15) is 0 Å². The van der Waals surface area contributed by atoms with Gasteiger partial charge < -0.3 is 5.84 Å². The Hall–Kier alpha value is -1.26. The van der Waals surface area contributed by atoms with Crippen LogP contribution in [-0.4, -0.2) is 14.5 Å². The van der Waals surface area contributed by atoms with Crippen LogP contribution in [0.5, 0.6) is 0 Å². The summed E-state index contributed by atoms with van der Waals surface area (Å²) in [5.41, 5.74) is -0.196. The molecule has 0 saturated heterocycles. The lowest BCUT2D eigenvalue weighted by Gasteiger charge is -2.53. The molecule has 1 aromatic heterocycles. The molecule has 0 spiro atoms. The van der Waals surface area contributed by atoms with Crippen LogP contribution in [-0.2, 0) is 7.05 Å². The van der Waals surface area contributed by atoms with Crippen molar-refractivity contribution >= 4 is 0 Å². The summed E-state index contributed by atoms with van der Waals surface area (Å²) in [4.78, 5) is 11.8. The zero-order valence-electron chi connectivity index (χ0n) is 10.7. The topological polar surface area (TPSA) is 65.8 Å². The van der Waals surface area contributed by atoms with Crippen LogP contribution in [0, 0.1) is 23.7 Å². The van der Waals surface area contributed by atoms with Crippen LogP contribution < -0.4 is 11.5 Å². The molecule has 1 heterocycles. The van der Waals surface area contributed by atoms with Gasteiger partial charge in [0.25, 0.3) is 0 Å². The van der Waals surface area contributed by atoms with Crippen molar-refractivity contribution in [2.24, 2.45) is 30.7 Å². The fourth-order valence-electron chi connectivity index (χ4n) is 5.07. The Morgan fingerprint density at radius 1 is 1.11 bits per heavy atom. The first-order valence-corrected chi connectivity index (χ1v) is 7.04. The summed E-state index contributed by atoms with van der Waals surface area (Å²) in [7, 11) is 1.69. The Labute approximate surface area is 106 Å². The first-order valence-electron chi connectivity index (χ1n) is 7.04. The van der Waals surface area contributed by atoms with Crippen LogP contribution in [0.4, 0.5) is 0 Å². The number of aromatic nitrogens is 3. The highest BCUT2D eigenvalue weighted by atomic mass is 16.2. The third-order valence-electron chi connectivity index (χ3n) is 5.51. The normalized spacial score (nSPS) is 41.5. The van der Waals surface area contributed by atoms with E-state index in [0.29, 0.717) is 17.8 Å². The quantitative estimate of drug-likeness (QED) is 0.749. The minimum atomic E-state index is -0.196. The largest absolute Gasteiger partial charge is 0.364 e. The van der Waals surface area contributed by atoms with Crippen molar-refractivity contribution in [1.82, 2.24) is 14.5 Å². The summed E-state index contributed by atoms with van der Waals surface area (Å²) < 4.78 is 2.66. The highest BCUT2D eigenvalue weighted by Crippen LogP contribution is 2.59. The number of hydrogen-bond acceptors (Lipinski definition) is 3. The van der Waals surface area contributed by atoms with Gasteiger partial charge in [-0.3, -0.25) is 0 Å². The molecule has 98 valence electrons. The van der Waals surface area contributed by atoms with Crippen LogP contribution in [0.1, 0.15) is 43.8 Å². The molecule has 4 aliphatic carbocycles. The second-order valence-corrected chi connectivity index (χ2v) is 6.59. The van der Waals surface area contributed by atoms with Gasteiger partial charge in [-0.1, -0.05) is 0 Å². The van der Waals surface area contributed by atoms with E-state index >= 15 is 0 Å². The zero-order valence-corrected chi connectivity index (χ0v) is 10.7. The van der Waals surface area contributed by atoms with E-state index < -0.39 is 0 Å². The van der Waals surface area contributed by atoms with Crippen molar-refractivity contribution in [2.45, 2.75) is 38.0 Å². The molecule has 5 rings (SSSR count). The van der Waals surface area contributed by atoms with Crippen LogP contribution in [0.2, 0.25) is 0 Å². The molecule has 0 atom stereocenters. The van der Waals surface area contributed by atoms with Crippen LogP contribution in [0.25, 0.3) is 0 Å². The van der Waals surface area contributed by atoms with E-state index in [1.807, 2.05) is 0 Å². The monoisotopic (exact) mass is 248 g/mol. The number of nitrogen functional groups attached to an aromatic ring is 1. The van der Waals surface area contributed by atoms with E-state index in [1.54, 1.807) is 7.05 Å². The molecule has 5 heteroatoms. The van der Waals surface area contributed by atoms with E-state index in [2.05, 4.69) is 5.10 Å². The van der Waals surface area contributed by atoms with Gasteiger partial charge in [-0.25, -0.2) is 9.48 Å². The molecule has 4 saturated carbocycles. The maximum atomic E-state index is 11.8. The van der Waals surface area contributed by atoms with Crippen molar-refractivity contribution in [1.29, 1.82) is 0 Å². The van der Waals surface area contributed by atoms with Gasteiger partial charge in [0.2, 0.25) is 0 Å². The first kappa shape index (κ1) is 10.6. The van der Waals surface area contributed by atoms with Crippen LogP contribution in [0.3, 0.4) is 0 Å². The Bertz CT molecular complexity index is 516. The first-order chi connectivity index (χ1) is 8.63. The predicted molar refractivity (Wildman–Crippen MR) is 67.4 cm³/mol. The average molecular weight is 248 g/mol. The third-order valence-corrected chi connectivity index (χ3v) is 5.51. The maximum Gasteiger partial charge on any atom is 0.364 e. The van der Waals surface area contributed by atoms with Crippen LogP contribution in [0.15, 0.2) is 4.79 Å². The molecule has 0 radical (unpaired) electrons. The molecule has 0 unspecified atom stereocenters. The maximum absolute atomic E-state index is 11.8. The second-order valence-electron chi connectivity index (χ2n) is 6.59. The number of aryl methyl sites for hydroxylation is 1. The predicted octanol–water partition coefficient (Wildman–Crippen LogP) is 0.835. The van der Waals surface area contributed by atoms with Gasteiger partial charge >= 0.3 is 5.69 Å². The Morgan fingerprint density at radius 2 is 1.67 bits per heavy atom. The van der Waals surface area contributed by atoms with E-state index in [-0.39, 0.29) is 5.69 Å². The van der Waals surface area contributed by atoms with E-state index in [9.17, 15) is 4.79 Å². The van der Waals surface area contributed by atoms with Gasteiger partial charge in [-0.15, -0.1) is 0 Å². The summed E-state index contributed by atoms with van der Waals surface area (Å²) in [5, 5.41) is 4.40. The van der Waals surface area contributed by atoms with Crippen molar-refractivity contribution in [3.63, 3.8) is 0 Å². The molecule has 0 amide bonds. The van der Waals surface area contributed by atoms with Gasteiger partial charge in [0.15, 0.2) is 5.82 Å². The standard InChI is InChI=1S/C13H20N4O/c1-16-13(18)17(14)12(15-16)11-9-3-7-2-8(5-9)6-10(11)4-7/h7-11H,2-6,14H2,1H3. The Morgan fingerprint density at radius 3 is 2.11 bits per heavy atom. The Balaban J connectivity index is 1.76. The summed E-state index contributed by atoms with van der Waals surface area (Å²) in [5.74, 6) is 10.5. The molecule has 1 aromatic rings. The van der Waals surface area contributed by atoms with E-state index in [0.717, 1.165) is 17.7 Å². The molecule has 5 nitrogen and oxygen atoms in total. The average Bonchev–Trinajstić information content (AvgIpc) is 2.56. The van der Waals surface area contributed by atoms with Crippen LogP contribution >= 0.6 is 0 Å². The number of rotatable bonds is 1. The lowest BCUT2D eigenvalue weighted by Crippen LogP contribution is -2.45. The third kappa shape index (κ3) is 1.27. The van der Waals surface area contributed by atoms with Crippen molar-refractivity contribution < 1.29 is 0 Å². The smallest absolute Gasteiger partial charge is 0.333 e. The van der Waals surface area contributed by atoms with Crippen molar-refractivity contribution in [3.05, 3.63) is 16.3 Å². The lowest BCUT2D eigenvalue weighted by molar-refractivity contribution is -0.00655. The SMILES string of the molecule is Cn1nc(C2C3CC4CC(C3)CC2C4)n(N)c1=O. The number of nitrogens with zero attached hydrogens (tertiary/aromatic N) is 3. The summed E-state index contributed by atoms with van der Waals surface area (Å²) >= 11 is 0. The molecule has 4 aliphatic rings. The zero-order chi connectivity index (χ0) is 12.4. The van der Waals surface area contributed by atoms with Crippen molar-refractivity contribution in [3.8, 4) is 0 Å². The lowest BCUT2D eigenvalue weighted by atomic mass is 9.52. The van der Waals surface area contributed by atoms with Gasteiger partial charge in [-0.05, 0) is 55.8 Å². The summed E-state index contributed by atoms with van der Waals surface area (Å²) in [6.45, 7) is 0. The minimum Gasteiger partial charge on any atom is -0.333 e. The van der Waals surface area contributed by atoms with E-state index in [4.69, 9.17) is 5.84 Å². The van der Waals surface area contributed by atoms with Crippen molar-refractivity contribution in [2.75, 3.05) is 5.84 Å². The highest BCUT2D eigenvalue weighted by molar-refractivity contribution is 5.11. The molecule has 18 heavy (non-hydrogen) atoms. The fraction of sp³-hybridized carbons (Fsp3) is 0.846. The molecular formula is C13H20N4O. The van der Waals surface area contributed by atoms with Gasteiger partial charge in [0, 0.05) is 13.0 Å². The summed E-state index contributed by atoms with van der Waals surface area (Å²) in [6, 6.07) is 0. The number of hydrogen-bond donors (Lipinski definition) is 1. The second kappa shape index (κ2) is 3.39. The molecule has 0 aromatic carbocycles. The molecule has 4 fully saturated rings. The minimum absolute atomic E-state index is 0.196. The number of nitrogens with two attached hydrogens (primary N) is 1. The summed E-state index contributed by atoms with van der Waals surface area (Å²) in [6.07, 6.45) is 6.73. The highest BCUT2D eigenvalue weighted by Gasteiger charge is 2.50. The molecule has 4 bridgehead atoms. The Kier molecular flexibility index (Phi) is 2.01. The van der Waals surface area contributed by atoms with Gasteiger partial charge in [0.05, 0.1) is 0 Å². The van der Waals surface area contributed by atoms with E-state index in [1.165, 1.54) is 41.5 Å². The fourth-order valence-corrected chi connectivity index (χ4v) is 5.07. The molecular weight excluding hydrogens is 228 g/mol. The van der Waals surface area contributed by atoms with Gasteiger partial charge in [-0.2, -0.15) is 9.77 Å². The molecule has 0 aliphatic heterocycles. The molecule has 2 N–H and O–H groups in total.